The van der Waals surface area contributed by atoms with Crippen molar-refractivity contribution < 1.29 is 18.7 Å². The molecule has 3 heterocycles. The Kier molecular flexibility index (Phi) is 5.77. The maximum absolute atomic E-state index is 12.8. The van der Waals surface area contributed by atoms with Gasteiger partial charge in [0.2, 0.25) is 11.0 Å². The van der Waals surface area contributed by atoms with Crippen molar-refractivity contribution in [3.63, 3.8) is 0 Å². The summed E-state index contributed by atoms with van der Waals surface area (Å²) >= 11 is 1.42. The quantitative estimate of drug-likeness (QED) is 0.346. The first-order valence-electron chi connectivity index (χ1n) is 10.6. The lowest BCUT2D eigenvalue weighted by Gasteiger charge is -2.10. The summed E-state index contributed by atoms with van der Waals surface area (Å²) in [6.07, 6.45) is 0.173. The Hall–Kier alpha value is -4.11. The van der Waals surface area contributed by atoms with Gasteiger partial charge in [0.05, 0.1) is 26.3 Å². The van der Waals surface area contributed by atoms with Crippen molar-refractivity contribution in [2.24, 2.45) is 0 Å². The minimum Gasteiger partial charge on any atom is -0.493 e. The number of aromatic nitrogens is 3. The summed E-state index contributed by atoms with van der Waals surface area (Å²) < 4.78 is 18.2. The molecule has 0 aliphatic carbocycles. The van der Waals surface area contributed by atoms with E-state index in [0.717, 1.165) is 22.2 Å². The van der Waals surface area contributed by atoms with Crippen LogP contribution in [0.3, 0.4) is 0 Å². The molecule has 0 spiro atoms. The molecule has 1 amide bonds. The van der Waals surface area contributed by atoms with Crippen LogP contribution in [0.15, 0.2) is 64.4 Å². The van der Waals surface area contributed by atoms with E-state index in [4.69, 9.17) is 18.9 Å². The SMILES string of the molecule is COc1ccc(CC(=O)Nc2cc(C)nn2-c2nc(-c3cc4ccccc4o3)cs2)cc1OC. The number of thiazole rings is 1. The van der Waals surface area contributed by atoms with E-state index in [1.165, 1.54) is 11.3 Å². The largest absolute Gasteiger partial charge is 0.493 e. The number of amides is 1. The first-order valence-corrected chi connectivity index (χ1v) is 11.4. The van der Waals surface area contributed by atoms with Gasteiger partial charge in [-0.1, -0.05) is 24.3 Å². The standard InChI is InChI=1S/C25H22N4O4S/c1-15-10-23(27-24(30)12-16-8-9-20(31-2)22(11-16)32-3)29(28-15)25-26-18(14-34-25)21-13-17-6-4-5-7-19(17)33-21/h4-11,13-14H,12H2,1-3H3,(H,27,30). The number of fused-ring (bicyclic) bond motifs is 1. The molecule has 1 N–H and O–H groups in total. The van der Waals surface area contributed by atoms with Crippen molar-refractivity contribution in [1.82, 2.24) is 14.8 Å². The van der Waals surface area contributed by atoms with Gasteiger partial charge in [0.25, 0.3) is 0 Å². The van der Waals surface area contributed by atoms with E-state index in [9.17, 15) is 4.79 Å². The number of para-hydroxylation sites is 1. The fraction of sp³-hybridized carbons (Fsp3) is 0.160. The molecule has 8 nitrogen and oxygen atoms in total. The molecular weight excluding hydrogens is 452 g/mol. The zero-order valence-electron chi connectivity index (χ0n) is 18.9. The summed E-state index contributed by atoms with van der Waals surface area (Å²) in [6.45, 7) is 1.87. The van der Waals surface area contributed by atoms with Crippen LogP contribution in [0.5, 0.6) is 11.5 Å². The molecule has 3 aromatic heterocycles. The number of carbonyl (C=O) groups is 1. The van der Waals surface area contributed by atoms with Gasteiger partial charge in [-0.3, -0.25) is 4.79 Å². The van der Waals surface area contributed by atoms with Crippen LogP contribution in [0.1, 0.15) is 11.3 Å². The van der Waals surface area contributed by atoms with Crippen LogP contribution in [0.2, 0.25) is 0 Å². The Bertz CT molecular complexity index is 1450. The lowest BCUT2D eigenvalue weighted by atomic mass is 10.1. The molecule has 0 unspecified atom stereocenters. The molecule has 0 aliphatic rings. The first-order chi connectivity index (χ1) is 16.5. The molecule has 5 aromatic rings. The molecule has 5 rings (SSSR count). The number of benzene rings is 2. The van der Waals surface area contributed by atoms with E-state index >= 15 is 0 Å². The molecule has 0 radical (unpaired) electrons. The minimum atomic E-state index is -0.178. The Labute approximate surface area is 199 Å². The highest BCUT2D eigenvalue weighted by Crippen LogP contribution is 2.31. The number of methoxy groups -OCH3 is 2. The molecule has 0 saturated carbocycles. The predicted molar refractivity (Wildman–Crippen MR) is 131 cm³/mol. The number of aryl methyl sites for hydroxylation is 1. The second kappa shape index (κ2) is 9.03. The number of furan rings is 1. The van der Waals surface area contributed by atoms with E-state index < -0.39 is 0 Å². The van der Waals surface area contributed by atoms with Crippen molar-refractivity contribution in [2.75, 3.05) is 19.5 Å². The van der Waals surface area contributed by atoms with Gasteiger partial charge in [0.1, 0.15) is 17.1 Å². The van der Waals surface area contributed by atoms with Crippen LogP contribution >= 0.6 is 11.3 Å². The van der Waals surface area contributed by atoms with Gasteiger partial charge >= 0.3 is 0 Å². The molecule has 0 saturated heterocycles. The third kappa shape index (κ3) is 4.25. The van der Waals surface area contributed by atoms with Crippen LogP contribution in [0, 0.1) is 6.92 Å². The number of hydrogen-bond acceptors (Lipinski definition) is 7. The van der Waals surface area contributed by atoms with E-state index in [0.29, 0.717) is 33.9 Å². The molecule has 0 aliphatic heterocycles. The van der Waals surface area contributed by atoms with Gasteiger partial charge in [-0.2, -0.15) is 9.78 Å². The Morgan fingerprint density at radius 2 is 1.91 bits per heavy atom. The van der Waals surface area contributed by atoms with E-state index in [2.05, 4.69) is 10.4 Å². The van der Waals surface area contributed by atoms with Crippen LogP contribution < -0.4 is 14.8 Å². The molecule has 2 aromatic carbocycles. The summed E-state index contributed by atoms with van der Waals surface area (Å²) in [5.74, 6) is 2.25. The smallest absolute Gasteiger partial charge is 0.229 e. The normalized spacial score (nSPS) is 11.0. The molecule has 172 valence electrons. The molecule has 34 heavy (non-hydrogen) atoms. The lowest BCUT2D eigenvalue weighted by molar-refractivity contribution is -0.115. The number of hydrogen-bond donors (Lipinski definition) is 1. The second-order valence-corrected chi connectivity index (χ2v) is 8.50. The molecule has 0 atom stereocenters. The summed E-state index contributed by atoms with van der Waals surface area (Å²) in [6, 6.07) is 17.0. The van der Waals surface area contributed by atoms with Gasteiger partial charge in [0.15, 0.2) is 17.3 Å². The van der Waals surface area contributed by atoms with E-state index in [-0.39, 0.29) is 12.3 Å². The van der Waals surface area contributed by atoms with Gasteiger partial charge < -0.3 is 19.2 Å². The fourth-order valence-corrected chi connectivity index (χ4v) is 4.46. The van der Waals surface area contributed by atoms with Crippen molar-refractivity contribution in [3.8, 4) is 28.1 Å². The zero-order chi connectivity index (χ0) is 23.7. The fourth-order valence-electron chi connectivity index (χ4n) is 3.68. The number of nitrogens with one attached hydrogen (secondary N) is 1. The van der Waals surface area contributed by atoms with Crippen molar-refractivity contribution in [1.29, 1.82) is 0 Å². The van der Waals surface area contributed by atoms with Crippen LogP contribution in [0.25, 0.3) is 27.6 Å². The highest BCUT2D eigenvalue weighted by atomic mass is 32.1. The number of anilines is 1. The molecule has 0 fully saturated rings. The zero-order valence-corrected chi connectivity index (χ0v) is 19.7. The van der Waals surface area contributed by atoms with Crippen LogP contribution in [-0.4, -0.2) is 34.9 Å². The minimum absolute atomic E-state index is 0.173. The maximum Gasteiger partial charge on any atom is 0.229 e. The highest BCUT2D eigenvalue weighted by molar-refractivity contribution is 7.12. The van der Waals surface area contributed by atoms with Gasteiger partial charge in [-0.25, -0.2) is 4.98 Å². The van der Waals surface area contributed by atoms with Gasteiger partial charge in [-0.15, -0.1) is 11.3 Å². The maximum atomic E-state index is 12.8. The predicted octanol–water partition coefficient (Wildman–Crippen LogP) is 5.25. The Morgan fingerprint density at radius 1 is 1.09 bits per heavy atom. The topological polar surface area (TPSA) is 91.4 Å². The summed E-state index contributed by atoms with van der Waals surface area (Å²) in [4.78, 5) is 17.5. The summed E-state index contributed by atoms with van der Waals surface area (Å²) in [7, 11) is 3.14. The van der Waals surface area contributed by atoms with Gasteiger partial charge in [-0.05, 0) is 36.8 Å². The van der Waals surface area contributed by atoms with E-state index in [1.54, 1.807) is 31.0 Å². The second-order valence-electron chi connectivity index (χ2n) is 7.66. The number of ether oxygens (including phenoxy) is 2. The average molecular weight is 475 g/mol. The third-order valence-electron chi connectivity index (χ3n) is 5.26. The monoisotopic (exact) mass is 474 g/mol. The number of rotatable bonds is 7. The lowest BCUT2D eigenvalue weighted by Crippen LogP contribution is -2.17. The Morgan fingerprint density at radius 3 is 2.71 bits per heavy atom. The highest BCUT2D eigenvalue weighted by Gasteiger charge is 2.17. The number of carbonyl (C=O) groups excluding carboxylic acids is 1. The Balaban J connectivity index is 1.36. The van der Waals surface area contributed by atoms with Crippen molar-refractivity contribution in [2.45, 2.75) is 13.3 Å². The third-order valence-corrected chi connectivity index (χ3v) is 6.08. The van der Waals surface area contributed by atoms with Crippen molar-refractivity contribution >= 4 is 34.0 Å². The number of nitrogens with zero attached hydrogens (tertiary/aromatic N) is 3. The van der Waals surface area contributed by atoms with Crippen molar-refractivity contribution in [3.05, 3.63) is 71.2 Å². The summed E-state index contributed by atoms with van der Waals surface area (Å²) in [5, 5.41) is 11.0. The molecule has 9 heteroatoms. The molecule has 0 bridgehead atoms. The van der Waals surface area contributed by atoms with Crippen LogP contribution in [0.4, 0.5) is 5.82 Å². The van der Waals surface area contributed by atoms with E-state index in [1.807, 2.05) is 54.8 Å². The van der Waals surface area contributed by atoms with Crippen LogP contribution in [-0.2, 0) is 11.2 Å². The summed E-state index contributed by atoms with van der Waals surface area (Å²) in [5.41, 5.74) is 3.10. The van der Waals surface area contributed by atoms with Gasteiger partial charge in [0, 0.05) is 16.8 Å². The first kappa shape index (κ1) is 21.7. The molecular formula is C25H22N4O4S. The average Bonchev–Trinajstić information content (AvgIpc) is 3.56.